The zero-order valence-electron chi connectivity index (χ0n) is 9.28. The van der Waals surface area contributed by atoms with Gasteiger partial charge in [0, 0.05) is 6.20 Å². The summed E-state index contributed by atoms with van der Waals surface area (Å²) in [5.41, 5.74) is 0.145. The predicted octanol–water partition coefficient (Wildman–Crippen LogP) is 1.25. The van der Waals surface area contributed by atoms with Crippen LogP contribution < -0.4 is 5.32 Å². The van der Waals surface area contributed by atoms with Gasteiger partial charge in [-0.1, -0.05) is 0 Å². The molecule has 0 bridgehead atoms. The zero-order valence-corrected chi connectivity index (χ0v) is 10.0. The van der Waals surface area contributed by atoms with Crippen LogP contribution in [0.2, 0.25) is 5.28 Å². The number of carbonyl (C=O) groups excluding carboxylic acids is 3. The fourth-order valence-electron chi connectivity index (χ4n) is 1.12. The first-order valence-electron chi connectivity index (χ1n) is 4.73. The number of aromatic nitrogens is 2. The summed E-state index contributed by atoms with van der Waals surface area (Å²) in [6, 6.07) is 0. The molecule has 1 amide bonds. The van der Waals surface area contributed by atoms with E-state index in [2.05, 4.69) is 15.3 Å². The molecule has 0 atom stereocenters. The van der Waals surface area contributed by atoms with Gasteiger partial charge in [0.15, 0.2) is 5.78 Å². The van der Waals surface area contributed by atoms with Gasteiger partial charge in [0.1, 0.15) is 11.6 Å². The number of nitrogens with zero attached hydrogens (tertiary/aromatic N) is 2. The molecule has 90 valence electrons. The molecule has 0 radical (unpaired) electrons. The van der Waals surface area contributed by atoms with Gasteiger partial charge in [0.2, 0.25) is 11.2 Å². The number of nitrogens with one attached hydrogen (secondary N) is 1. The third kappa shape index (κ3) is 3.92. The Balaban J connectivity index is 2.96. The molecular formula is C10H10ClN3O3. The van der Waals surface area contributed by atoms with Gasteiger partial charge in [-0.15, -0.1) is 0 Å². The van der Waals surface area contributed by atoms with E-state index in [9.17, 15) is 14.4 Å². The average molecular weight is 256 g/mol. The first kappa shape index (κ1) is 13.2. The molecule has 0 aliphatic carbocycles. The van der Waals surface area contributed by atoms with Crippen molar-refractivity contribution in [2.24, 2.45) is 0 Å². The molecule has 0 fully saturated rings. The Morgan fingerprint density at radius 2 is 2.00 bits per heavy atom. The molecule has 1 heterocycles. The van der Waals surface area contributed by atoms with E-state index in [0.717, 1.165) is 0 Å². The third-order valence-electron chi connectivity index (χ3n) is 1.81. The lowest BCUT2D eigenvalue weighted by molar-refractivity contribution is -0.124. The molecule has 1 aromatic rings. The van der Waals surface area contributed by atoms with E-state index >= 15 is 0 Å². The summed E-state index contributed by atoms with van der Waals surface area (Å²) in [6.45, 7) is 2.60. The van der Waals surface area contributed by atoms with Crippen molar-refractivity contribution in [3.63, 3.8) is 0 Å². The van der Waals surface area contributed by atoms with Crippen LogP contribution in [-0.4, -0.2) is 27.4 Å². The summed E-state index contributed by atoms with van der Waals surface area (Å²) >= 11 is 5.56. The normalized spacial score (nSPS) is 9.82. The van der Waals surface area contributed by atoms with E-state index in [-0.39, 0.29) is 34.7 Å². The van der Waals surface area contributed by atoms with Gasteiger partial charge in [0.05, 0.1) is 12.0 Å². The Morgan fingerprint density at radius 3 is 2.53 bits per heavy atom. The van der Waals surface area contributed by atoms with Crippen molar-refractivity contribution in [2.45, 2.75) is 20.3 Å². The fourth-order valence-corrected chi connectivity index (χ4v) is 1.25. The molecule has 1 N–H and O–H groups in total. The SMILES string of the molecule is CC(=O)CC(=O)Nc1nc(Cl)ncc1C(C)=O. The smallest absolute Gasteiger partial charge is 0.232 e. The average Bonchev–Trinajstić information content (AvgIpc) is 2.15. The quantitative estimate of drug-likeness (QED) is 0.497. The Bertz CT molecular complexity index is 488. The van der Waals surface area contributed by atoms with Crippen molar-refractivity contribution in [3.05, 3.63) is 17.0 Å². The van der Waals surface area contributed by atoms with Crippen LogP contribution in [0.4, 0.5) is 5.82 Å². The second-order valence-electron chi connectivity index (χ2n) is 3.38. The standard InChI is InChI=1S/C10H10ClN3O3/c1-5(15)3-8(17)13-9-7(6(2)16)4-12-10(11)14-9/h4H,3H2,1-2H3,(H,12,13,14,17). The fraction of sp³-hybridized carbons (Fsp3) is 0.300. The van der Waals surface area contributed by atoms with Gasteiger partial charge in [-0.25, -0.2) is 4.98 Å². The minimum Gasteiger partial charge on any atom is -0.310 e. The summed E-state index contributed by atoms with van der Waals surface area (Å²) in [7, 11) is 0. The maximum atomic E-state index is 11.4. The van der Waals surface area contributed by atoms with Crippen molar-refractivity contribution in [1.82, 2.24) is 9.97 Å². The molecule has 6 nitrogen and oxygen atoms in total. The molecule has 0 unspecified atom stereocenters. The number of Topliss-reactive ketones (excluding diaryl/α,β-unsaturated/α-hetero) is 2. The summed E-state index contributed by atoms with van der Waals surface area (Å²) in [5.74, 6) is -1.12. The van der Waals surface area contributed by atoms with Gasteiger partial charge >= 0.3 is 0 Å². The van der Waals surface area contributed by atoms with E-state index in [4.69, 9.17) is 11.6 Å². The Morgan fingerprint density at radius 1 is 1.35 bits per heavy atom. The topological polar surface area (TPSA) is 89.0 Å². The van der Waals surface area contributed by atoms with Gasteiger partial charge in [0.25, 0.3) is 0 Å². The van der Waals surface area contributed by atoms with E-state index < -0.39 is 5.91 Å². The lowest BCUT2D eigenvalue weighted by atomic mass is 10.2. The van der Waals surface area contributed by atoms with Crippen LogP contribution in [-0.2, 0) is 9.59 Å². The van der Waals surface area contributed by atoms with Crippen LogP contribution in [0.5, 0.6) is 0 Å². The molecule has 0 spiro atoms. The minimum absolute atomic E-state index is 0.0174. The molecule has 0 aromatic carbocycles. The Kier molecular flexibility index (Phi) is 4.28. The molecule has 0 saturated heterocycles. The summed E-state index contributed by atoms with van der Waals surface area (Å²) in [5, 5.41) is 2.26. The van der Waals surface area contributed by atoms with Crippen LogP contribution in [0.3, 0.4) is 0 Å². The van der Waals surface area contributed by atoms with Crippen LogP contribution in [0.25, 0.3) is 0 Å². The molecular weight excluding hydrogens is 246 g/mol. The Hall–Kier alpha value is -1.82. The second kappa shape index (κ2) is 5.49. The molecule has 1 rings (SSSR count). The van der Waals surface area contributed by atoms with Crippen molar-refractivity contribution in [1.29, 1.82) is 0 Å². The number of halogens is 1. The van der Waals surface area contributed by atoms with Gasteiger partial charge in [-0.3, -0.25) is 14.4 Å². The van der Waals surface area contributed by atoms with Crippen molar-refractivity contribution in [2.75, 3.05) is 5.32 Å². The third-order valence-corrected chi connectivity index (χ3v) is 1.99. The summed E-state index contributed by atoms with van der Waals surface area (Å²) in [4.78, 5) is 40.7. The zero-order chi connectivity index (χ0) is 13.0. The highest BCUT2D eigenvalue weighted by Gasteiger charge is 2.14. The molecule has 0 aliphatic rings. The first-order valence-corrected chi connectivity index (χ1v) is 5.10. The monoisotopic (exact) mass is 255 g/mol. The van der Waals surface area contributed by atoms with E-state index in [1.165, 1.54) is 20.0 Å². The molecule has 0 saturated carbocycles. The number of amides is 1. The van der Waals surface area contributed by atoms with Gasteiger partial charge in [-0.2, -0.15) is 4.98 Å². The molecule has 17 heavy (non-hydrogen) atoms. The second-order valence-corrected chi connectivity index (χ2v) is 3.72. The molecule has 0 aliphatic heterocycles. The van der Waals surface area contributed by atoms with E-state index in [0.29, 0.717) is 0 Å². The molecule has 7 heteroatoms. The van der Waals surface area contributed by atoms with Crippen molar-refractivity contribution < 1.29 is 14.4 Å². The Labute approximate surface area is 102 Å². The van der Waals surface area contributed by atoms with Crippen molar-refractivity contribution in [3.8, 4) is 0 Å². The van der Waals surface area contributed by atoms with Crippen LogP contribution in [0.15, 0.2) is 6.20 Å². The summed E-state index contributed by atoms with van der Waals surface area (Å²) < 4.78 is 0. The van der Waals surface area contributed by atoms with Gasteiger partial charge < -0.3 is 5.32 Å². The number of anilines is 1. The minimum atomic E-state index is -0.547. The maximum Gasteiger partial charge on any atom is 0.232 e. The largest absolute Gasteiger partial charge is 0.310 e. The van der Waals surface area contributed by atoms with Crippen LogP contribution in [0, 0.1) is 0 Å². The number of hydrogen-bond acceptors (Lipinski definition) is 5. The van der Waals surface area contributed by atoms with E-state index in [1.807, 2.05) is 0 Å². The molecule has 1 aromatic heterocycles. The van der Waals surface area contributed by atoms with Gasteiger partial charge in [-0.05, 0) is 25.4 Å². The van der Waals surface area contributed by atoms with Crippen LogP contribution in [0.1, 0.15) is 30.6 Å². The number of hydrogen-bond donors (Lipinski definition) is 1. The highest BCUT2D eigenvalue weighted by atomic mass is 35.5. The number of ketones is 2. The highest BCUT2D eigenvalue weighted by molar-refractivity contribution is 6.28. The number of carbonyl (C=O) groups is 3. The summed E-state index contributed by atoms with van der Waals surface area (Å²) in [6.07, 6.45) is 0.944. The van der Waals surface area contributed by atoms with E-state index in [1.54, 1.807) is 0 Å². The number of rotatable bonds is 4. The maximum absolute atomic E-state index is 11.4. The first-order chi connectivity index (χ1) is 7.90. The highest BCUT2D eigenvalue weighted by Crippen LogP contribution is 2.14. The van der Waals surface area contributed by atoms with Crippen LogP contribution >= 0.6 is 11.6 Å². The predicted molar refractivity (Wildman–Crippen MR) is 61.0 cm³/mol. The van der Waals surface area contributed by atoms with Crippen molar-refractivity contribution >= 4 is 34.9 Å². The lowest BCUT2D eigenvalue weighted by Gasteiger charge is -2.06. The lowest BCUT2D eigenvalue weighted by Crippen LogP contribution is -2.18.